The van der Waals surface area contributed by atoms with Crippen molar-refractivity contribution in [2.45, 2.75) is 56.4 Å². The molecule has 1 N–H and O–H groups in total. The van der Waals surface area contributed by atoms with Crippen LogP contribution in [0.4, 0.5) is 0 Å². The van der Waals surface area contributed by atoms with Gasteiger partial charge in [-0.15, -0.1) is 0 Å². The highest BCUT2D eigenvalue weighted by Gasteiger charge is 2.39. The second-order valence-corrected chi connectivity index (χ2v) is 9.98. The minimum absolute atomic E-state index is 0.0783. The van der Waals surface area contributed by atoms with Gasteiger partial charge in [-0.05, 0) is 51.0 Å². The van der Waals surface area contributed by atoms with E-state index in [0.29, 0.717) is 38.4 Å². The number of benzene rings is 1. The molecule has 2 fully saturated rings. The molecule has 1 saturated heterocycles. The molecule has 1 aliphatic heterocycles. The van der Waals surface area contributed by atoms with E-state index in [1.54, 1.807) is 17.0 Å². The van der Waals surface area contributed by atoms with Crippen LogP contribution >= 0.6 is 0 Å². The first kappa shape index (κ1) is 23.2. The Hall–Kier alpha value is -1.48. The summed E-state index contributed by atoms with van der Waals surface area (Å²) in [7, 11) is -3.64. The molecule has 1 aliphatic carbocycles. The second-order valence-electron chi connectivity index (χ2n) is 8.21. The molecular weight excluding hydrogens is 402 g/mol. The largest absolute Gasteiger partial charge is 0.379 e. The quantitative estimate of drug-likeness (QED) is 0.676. The van der Waals surface area contributed by atoms with Gasteiger partial charge in [0.15, 0.2) is 0 Å². The number of hydrogen-bond donors (Lipinski definition) is 1. The van der Waals surface area contributed by atoms with Crippen molar-refractivity contribution < 1.29 is 17.9 Å². The maximum atomic E-state index is 13.0. The molecule has 2 aliphatic rings. The van der Waals surface area contributed by atoms with Gasteiger partial charge in [0.2, 0.25) is 10.0 Å². The van der Waals surface area contributed by atoms with Gasteiger partial charge in [-0.1, -0.05) is 19.3 Å². The number of ether oxygens (including phenoxy) is 1. The number of morpholine rings is 1. The van der Waals surface area contributed by atoms with E-state index in [1.165, 1.54) is 18.6 Å². The van der Waals surface area contributed by atoms with E-state index in [9.17, 15) is 13.2 Å². The molecule has 1 aromatic rings. The Morgan fingerprint density at radius 3 is 2.23 bits per heavy atom. The third kappa shape index (κ3) is 5.22. The highest BCUT2D eigenvalue weighted by molar-refractivity contribution is 7.89. The second kappa shape index (κ2) is 10.2. The predicted molar refractivity (Wildman–Crippen MR) is 117 cm³/mol. The maximum Gasteiger partial charge on any atom is 0.253 e. The van der Waals surface area contributed by atoms with Crippen LogP contribution in [0, 0.1) is 0 Å². The molecule has 1 saturated carbocycles. The molecule has 7 nitrogen and oxygen atoms in total. The van der Waals surface area contributed by atoms with Crippen LogP contribution in [0.5, 0.6) is 0 Å². The van der Waals surface area contributed by atoms with E-state index < -0.39 is 10.0 Å². The van der Waals surface area contributed by atoms with Crippen LogP contribution in [-0.4, -0.2) is 75.6 Å². The molecule has 0 atom stereocenters. The molecule has 0 bridgehead atoms. The van der Waals surface area contributed by atoms with Crippen molar-refractivity contribution in [2.75, 3.05) is 45.9 Å². The normalized spacial score (nSPS) is 20.1. The van der Waals surface area contributed by atoms with E-state index >= 15 is 0 Å². The fraction of sp³-hybridized carbons (Fsp3) is 0.682. The third-order valence-corrected chi connectivity index (χ3v) is 7.94. The molecule has 8 heteroatoms. The van der Waals surface area contributed by atoms with Crippen molar-refractivity contribution in [1.29, 1.82) is 0 Å². The minimum atomic E-state index is -3.64. The van der Waals surface area contributed by atoms with Crippen molar-refractivity contribution in [2.24, 2.45) is 0 Å². The van der Waals surface area contributed by atoms with Crippen LogP contribution < -0.4 is 4.72 Å². The summed E-state index contributed by atoms with van der Waals surface area (Å²) in [6.45, 7) is 8.64. The van der Waals surface area contributed by atoms with Crippen molar-refractivity contribution in [3.05, 3.63) is 29.8 Å². The summed E-state index contributed by atoms with van der Waals surface area (Å²) in [5.74, 6) is -0.0783. The van der Waals surface area contributed by atoms with Crippen LogP contribution in [-0.2, 0) is 14.8 Å². The Bertz CT molecular complexity index is 794. The summed E-state index contributed by atoms with van der Waals surface area (Å²) in [5.41, 5.74) is 0.378. The lowest BCUT2D eigenvalue weighted by Crippen LogP contribution is -2.59. The zero-order valence-electron chi connectivity index (χ0n) is 18.2. The molecule has 1 amide bonds. The van der Waals surface area contributed by atoms with Gasteiger partial charge >= 0.3 is 0 Å². The number of amides is 1. The Morgan fingerprint density at radius 1 is 1.07 bits per heavy atom. The van der Waals surface area contributed by atoms with Gasteiger partial charge in [0.1, 0.15) is 0 Å². The monoisotopic (exact) mass is 437 g/mol. The molecule has 0 spiro atoms. The first-order valence-corrected chi connectivity index (χ1v) is 12.6. The number of carbonyl (C=O) groups excluding carboxylic acids is 1. The highest BCUT2D eigenvalue weighted by Crippen LogP contribution is 2.34. The Morgan fingerprint density at radius 2 is 1.67 bits per heavy atom. The van der Waals surface area contributed by atoms with Crippen LogP contribution in [0.2, 0.25) is 0 Å². The molecule has 1 heterocycles. The van der Waals surface area contributed by atoms with Gasteiger partial charge in [-0.25, -0.2) is 13.1 Å². The molecule has 0 radical (unpaired) electrons. The fourth-order valence-electron chi connectivity index (χ4n) is 4.64. The summed E-state index contributed by atoms with van der Waals surface area (Å²) in [4.78, 5) is 16.8. The van der Waals surface area contributed by atoms with Gasteiger partial charge in [0, 0.05) is 43.8 Å². The number of sulfonamides is 1. The lowest BCUT2D eigenvalue weighted by atomic mass is 9.80. The molecular formula is C22H35N3O4S. The zero-order valence-corrected chi connectivity index (χ0v) is 19.0. The summed E-state index contributed by atoms with van der Waals surface area (Å²) >= 11 is 0. The first-order valence-electron chi connectivity index (χ1n) is 11.1. The van der Waals surface area contributed by atoms with Crippen molar-refractivity contribution in [1.82, 2.24) is 14.5 Å². The van der Waals surface area contributed by atoms with Gasteiger partial charge in [0.05, 0.1) is 18.1 Å². The Kier molecular flexibility index (Phi) is 7.90. The SMILES string of the molecule is CCN(CC)C(=O)c1ccc(S(=O)(=O)NCC2(N3CCOCC3)CCCCC2)cc1. The molecule has 1 aromatic carbocycles. The van der Waals surface area contributed by atoms with E-state index in [0.717, 1.165) is 38.8 Å². The van der Waals surface area contributed by atoms with Crippen molar-refractivity contribution in [3.8, 4) is 0 Å². The number of nitrogens with zero attached hydrogens (tertiary/aromatic N) is 2. The van der Waals surface area contributed by atoms with Crippen molar-refractivity contribution >= 4 is 15.9 Å². The van der Waals surface area contributed by atoms with Crippen LogP contribution in [0.1, 0.15) is 56.3 Å². The topological polar surface area (TPSA) is 79.0 Å². The Balaban J connectivity index is 1.71. The summed E-state index contributed by atoms with van der Waals surface area (Å²) < 4.78 is 34.3. The average molecular weight is 438 g/mol. The maximum absolute atomic E-state index is 13.0. The number of hydrogen-bond acceptors (Lipinski definition) is 5. The standard InChI is InChI=1S/C22H35N3O4S/c1-3-24(4-2)21(26)19-8-10-20(11-9-19)30(27,28)23-18-22(12-6-5-7-13-22)25-14-16-29-17-15-25/h8-11,23H,3-7,12-18H2,1-2H3. The number of nitrogens with one attached hydrogen (secondary N) is 1. The smallest absolute Gasteiger partial charge is 0.253 e. The van der Waals surface area contributed by atoms with Gasteiger partial charge < -0.3 is 9.64 Å². The summed E-state index contributed by atoms with van der Waals surface area (Å²) in [5, 5.41) is 0. The molecule has 3 rings (SSSR count). The Labute approximate surface area is 180 Å². The van der Waals surface area contributed by atoms with E-state index in [-0.39, 0.29) is 16.3 Å². The van der Waals surface area contributed by atoms with E-state index in [2.05, 4.69) is 9.62 Å². The summed E-state index contributed by atoms with van der Waals surface area (Å²) in [6, 6.07) is 6.27. The lowest BCUT2D eigenvalue weighted by molar-refractivity contribution is -0.0348. The van der Waals surface area contributed by atoms with Gasteiger partial charge in [-0.3, -0.25) is 9.69 Å². The van der Waals surface area contributed by atoms with Crippen LogP contribution in [0.15, 0.2) is 29.2 Å². The number of rotatable bonds is 8. The summed E-state index contributed by atoms with van der Waals surface area (Å²) in [6.07, 6.45) is 5.48. The van der Waals surface area contributed by atoms with Crippen LogP contribution in [0.25, 0.3) is 0 Å². The van der Waals surface area contributed by atoms with E-state index in [1.807, 2.05) is 13.8 Å². The van der Waals surface area contributed by atoms with Crippen molar-refractivity contribution in [3.63, 3.8) is 0 Å². The molecule has 30 heavy (non-hydrogen) atoms. The fourth-order valence-corrected chi connectivity index (χ4v) is 5.75. The third-order valence-electron chi connectivity index (χ3n) is 6.52. The average Bonchev–Trinajstić information content (AvgIpc) is 2.80. The van der Waals surface area contributed by atoms with Gasteiger partial charge in [-0.2, -0.15) is 0 Å². The molecule has 168 valence electrons. The van der Waals surface area contributed by atoms with Crippen LogP contribution in [0.3, 0.4) is 0 Å². The predicted octanol–water partition coefficient (Wildman–Crippen LogP) is 2.48. The van der Waals surface area contributed by atoms with E-state index in [4.69, 9.17) is 4.74 Å². The highest BCUT2D eigenvalue weighted by atomic mass is 32.2. The first-order chi connectivity index (χ1) is 14.4. The molecule has 0 aromatic heterocycles. The molecule has 0 unspecified atom stereocenters. The number of carbonyl (C=O) groups is 1. The lowest BCUT2D eigenvalue weighted by Gasteiger charge is -2.48. The van der Waals surface area contributed by atoms with Gasteiger partial charge in [0.25, 0.3) is 5.91 Å². The minimum Gasteiger partial charge on any atom is -0.379 e. The zero-order chi connectivity index (χ0) is 21.6.